The molecule has 0 amide bonds. The van der Waals surface area contributed by atoms with Crippen molar-refractivity contribution in [3.8, 4) is 0 Å². The number of hydrogen-bond donors (Lipinski definition) is 2. The molecule has 0 aromatic heterocycles. The number of nitrogens with zero attached hydrogens (tertiary/aromatic N) is 2. The summed E-state index contributed by atoms with van der Waals surface area (Å²) in [7, 11) is 3.45. The quantitative estimate of drug-likeness (QED) is 0.454. The maximum absolute atomic E-state index is 12.1. The number of ether oxygens (including phenoxy) is 2. The highest BCUT2D eigenvalue weighted by atomic mass is 19.4. The zero-order chi connectivity index (χ0) is 21.1. The van der Waals surface area contributed by atoms with E-state index in [2.05, 4.69) is 25.3 Å². The van der Waals surface area contributed by atoms with Crippen LogP contribution < -0.4 is 10.6 Å². The average Bonchev–Trinajstić information content (AvgIpc) is 3.14. The van der Waals surface area contributed by atoms with E-state index in [1.807, 2.05) is 12.1 Å². The monoisotopic (exact) mass is 416 g/mol. The molecule has 0 bridgehead atoms. The molecule has 1 aromatic carbocycles. The molecular weight excluding hydrogens is 385 g/mol. The third-order valence-corrected chi connectivity index (χ3v) is 4.83. The van der Waals surface area contributed by atoms with E-state index in [9.17, 15) is 13.2 Å². The van der Waals surface area contributed by atoms with Gasteiger partial charge < -0.3 is 20.1 Å². The smallest absolute Gasteiger partial charge is 0.383 e. The summed E-state index contributed by atoms with van der Waals surface area (Å²) < 4.78 is 46.2. The molecule has 1 unspecified atom stereocenters. The number of halogens is 3. The number of aliphatic imine (C=N–C) groups is 1. The number of nitrogens with one attached hydrogen (secondary N) is 2. The molecule has 1 aliphatic rings. The van der Waals surface area contributed by atoms with Crippen molar-refractivity contribution >= 4 is 5.96 Å². The number of likely N-dealkylation sites (tertiary alicyclic amines) is 1. The van der Waals surface area contributed by atoms with Crippen LogP contribution >= 0.6 is 0 Å². The fraction of sp³-hybridized carbons (Fsp3) is 0.650. The molecule has 1 atom stereocenters. The summed E-state index contributed by atoms with van der Waals surface area (Å²) in [6.07, 6.45) is -1.95. The molecule has 2 N–H and O–H groups in total. The van der Waals surface area contributed by atoms with Gasteiger partial charge in [0.25, 0.3) is 0 Å². The van der Waals surface area contributed by atoms with E-state index in [0.29, 0.717) is 18.2 Å². The SMILES string of the molecule is CN=C(NCc1ccc(COCC(F)(F)F)cc1)NCC1CCCN1CCOC. The van der Waals surface area contributed by atoms with E-state index in [4.69, 9.17) is 4.74 Å². The lowest BCUT2D eigenvalue weighted by Crippen LogP contribution is -2.45. The Kier molecular flexibility index (Phi) is 9.69. The summed E-state index contributed by atoms with van der Waals surface area (Å²) in [5.41, 5.74) is 1.72. The highest BCUT2D eigenvalue weighted by Crippen LogP contribution is 2.16. The van der Waals surface area contributed by atoms with Gasteiger partial charge in [-0.3, -0.25) is 9.89 Å². The first-order valence-electron chi connectivity index (χ1n) is 9.81. The minimum atomic E-state index is -4.30. The van der Waals surface area contributed by atoms with Crippen LogP contribution in [0.25, 0.3) is 0 Å². The fourth-order valence-corrected chi connectivity index (χ4v) is 3.29. The van der Waals surface area contributed by atoms with Crippen molar-refractivity contribution in [2.24, 2.45) is 4.99 Å². The molecule has 1 fully saturated rings. The second kappa shape index (κ2) is 12.0. The molecule has 1 heterocycles. The Morgan fingerprint density at radius 2 is 1.93 bits per heavy atom. The van der Waals surface area contributed by atoms with Crippen molar-refractivity contribution in [3.05, 3.63) is 35.4 Å². The highest BCUT2D eigenvalue weighted by Gasteiger charge is 2.27. The largest absolute Gasteiger partial charge is 0.411 e. The van der Waals surface area contributed by atoms with Gasteiger partial charge in [0.2, 0.25) is 0 Å². The summed E-state index contributed by atoms with van der Waals surface area (Å²) in [6, 6.07) is 7.76. The van der Waals surface area contributed by atoms with Crippen LogP contribution in [0, 0.1) is 0 Å². The van der Waals surface area contributed by atoms with Gasteiger partial charge in [-0.2, -0.15) is 13.2 Å². The molecule has 0 aliphatic carbocycles. The number of benzene rings is 1. The fourth-order valence-electron chi connectivity index (χ4n) is 3.29. The van der Waals surface area contributed by atoms with Gasteiger partial charge >= 0.3 is 6.18 Å². The van der Waals surface area contributed by atoms with E-state index < -0.39 is 12.8 Å². The van der Waals surface area contributed by atoms with Gasteiger partial charge in [0.1, 0.15) is 6.61 Å². The van der Waals surface area contributed by atoms with Crippen molar-refractivity contribution in [1.29, 1.82) is 0 Å². The Morgan fingerprint density at radius 1 is 1.21 bits per heavy atom. The van der Waals surface area contributed by atoms with Gasteiger partial charge in [0.05, 0.1) is 13.2 Å². The topological polar surface area (TPSA) is 58.1 Å². The van der Waals surface area contributed by atoms with Crippen LogP contribution in [0.3, 0.4) is 0 Å². The van der Waals surface area contributed by atoms with E-state index in [1.54, 1.807) is 26.3 Å². The molecule has 1 aromatic rings. The lowest BCUT2D eigenvalue weighted by Gasteiger charge is -2.25. The first kappa shape index (κ1) is 23.4. The maximum atomic E-state index is 12.1. The molecule has 0 spiro atoms. The van der Waals surface area contributed by atoms with Crippen molar-refractivity contribution in [3.63, 3.8) is 0 Å². The number of hydrogen-bond acceptors (Lipinski definition) is 4. The lowest BCUT2D eigenvalue weighted by molar-refractivity contribution is -0.176. The van der Waals surface area contributed by atoms with Crippen molar-refractivity contribution in [1.82, 2.24) is 15.5 Å². The second-order valence-electron chi connectivity index (χ2n) is 7.06. The summed E-state index contributed by atoms with van der Waals surface area (Å²) in [5, 5.41) is 6.64. The number of rotatable bonds is 10. The van der Waals surface area contributed by atoms with Gasteiger partial charge in [-0.1, -0.05) is 24.3 Å². The van der Waals surface area contributed by atoms with Gasteiger partial charge in [-0.05, 0) is 30.5 Å². The third kappa shape index (κ3) is 9.01. The van der Waals surface area contributed by atoms with E-state index in [1.165, 1.54) is 6.42 Å². The van der Waals surface area contributed by atoms with Crippen molar-refractivity contribution in [2.75, 3.05) is 47.0 Å². The Hall–Kier alpha value is -1.84. The van der Waals surface area contributed by atoms with Crippen molar-refractivity contribution in [2.45, 2.75) is 38.2 Å². The zero-order valence-electron chi connectivity index (χ0n) is 17.1. The molecule has 6 nitrogen and oxygen atoms in total. The highest BCUT2D eigenvalue weighted by molar-refractivity contribution is 5.79. The standard InChI is InChI=1S/C20H31F3N4O2/c1-24-19(26-13-18-4-3-9-27(18)10-11-28-2)25-12-16-5-7-17(8-6-16)14-29-15-20(21,22)23/h5-8,18H,3-4,9-15H2,1-2H3,(H2,24,25,26). The van der Waals surface area contributed by atoms with E-state index in [0.717, 1.165) is 44.2 Å². The minimum absolute atomic E-state index is 0.0581. The van der Waals surface area contributed by atoms with Crippen LogP contribution in [0.2, 0.25) is 0 Å². The number of alkyl halides is 3. The average molecular weight is 416 g/mol. The van der Waals surface area contributed by atoms with Crippen LogP contribution in [0.15, 0.2) is 29.3 Å². The van der Waals surface area contributed by atoms with Crippen LogP contribution in [0.5, 0.6) is 0 Å². The Bertz CT molecular complexity index is 623. The molecule has 0 saturated carbocycles. The van der Waals surface area contributed by atoms with Gasteiger partial charge in [-0.25, -0.2) is 0 Å². The normalized spacial score (nSPS) is 18.2. The summed E-state index contributed by atoms with van der Waals surface area (Å²) in [6.45, 7) is 2.87. The lowest BCUT2D eigenvalue weighted by atomic mass is 10.1. The Balaban J connectivity index is 1.72. The molecule has 0 radical (unpaired) electrons. The molecule has 2 rings (SSSR count). The van der Waals surface area contributed by atoms with Crippen LogP contribution in [0.1, 0.15) is 24.0 Å². The first-order valence-corrected chi connectivity index (χ1v) is 9.81. The van der Waals surface area contributed by atoms with E-state index in [-0.39, 0.29) is 6.61 Å². The van der Waals surface area contributed by atoms with Crippen LogP contribution in [-0.4, -0.2) is 70.1 Å². The molecular formula is C20H31F3N4O2. The molecule has 1 aliphatic heterocycles. The van der Waals surface area contributed by atoms with Gasteiger partial charge in [0, 0.05) is 39.8 Å². The van der Waals surface area contributed by atoms with Crippen molar-refractivity contribution < 1.29 is 22.6 Å². The maximum Gasteiger partial charge on any atom is 0.411 e. The molecule has 29 heavy (non-hydrogen) atoms. The zero-order valence-corrected chi connectivity index (χ0v) is 17.1. The van der Waals surface area contributed by atoms with Gasteiger partial charge in [0.15, 0.2) is 5.96 Å². The summed E-state index contributed by atoms with van der Waals surface area (Å²) in [5.74, 6) is 0.723. The van der Waals surface area contributed by atoms with E-state index >= 15 is 0 Å². The predicted octanol–water partition coefficient (Wildman–Crippen LogP) is 2.54. The predicted molar refractivity (Wildman–Crippen MR) is 107 cm³/mol. The Morgan fingerprint density at radius 3 is 2.59 bits per heavy atom. The molecule has 1 saturated heterocycles. The molecule has 164 valence electrons. The third-order valence-electron chi connectivity index (χ3n) is 4.83. The Labute approximate surface area is 170 Å². The summed E-state index contributed by atoms with van der Waals surface area (Å²) in [4.78, 5) is 6.69. The second-order valence-corrected chi connectivity index (χ2v) is 7.06. The number of methoxy groups -OCH3 is 1. The summed E-state index contributed by atoms with van der Waals surface area (Å²) >= 11 is 0. The van der Waals surface area contributed by atoms with Gasteiger partial charge in [-0.15, -0.1) is 0 Å². The first-order chi connectivity index (χ1) is 13.9. The van der Waals surface area contributed by atoms with Crippen LogP contribution in [0.4, 0.5) is 13.2 Å². The number of guanidine groups is 1. The molecule has 9 heteroatoms. The van der Waals surface area contributed by atoms with Crippen LogP contribution in [-0.2, 0) is 22.6 Å². The minimum Gasteiger partial charge on any atom is -0.383 e.